The van der Waals surface area contributed by atoms with Gasteiger partial charge in [-0.05, 0) is 56.0 Å². The Hall–Kier alpha value is -2.85. The fourth-order valence-corrected chi connectivity index (χ4v) is 4.96. The van der Waals surface area contributed by atoms with Crippen LogP contribution in [-0.4, -0.2) is 37.6 Å². The van der Waals surface area contributed by atoms with Gasteiger partial charge in [-0.1, -0.05) is 0 Å². The quantitative estimate of drug-likeness (QED) is 0.532. The van der Waals surface area contributed by atoms with Crippen molar-refractivity contribution in [2.45, 2.75) is 37.8 Å². The van der Waals surface area contributed by atoms with Crippen LogP contribution in [0.25, 0.3) is 21.8 Å². The van der Waals surface area contributed by atoms with Crippen LogP contribution in [0.5, 0.6) is 0 Å². The van der Waals surface area contributed by atoms with E-state index in [2.05, 4.69) is 15.0 Å². The molecule has 10 heteroatoms. The Morgan fingerprint density at radius 1 is 1.00 bits per heavy atom. The van der Waals surface area contributed by atoms with Crippen molar-refractivity contribution in [2.75, 3.05) is 6.26 Å². The third-order valence-corrected chi connectivity index (χ3v) is 6.28. The van der Waals surface area contributed by atoms with Crippen molar-refractivity contribution in [2.24, 2.45) is 0 Å². The molecule has 1 aliphatic rings. The first-order chi connectivity index (χ1) is 14.6. The first-order valence-corrected chi connectivity index (χ1v) is 11.7. The highest BCUT2D eigenvalue weighted by atomic mass is 32.2. The van der Waals surface area contributed by atoms with Gasteiger partial charge in [0.2, 0.25) is 10.0 Å². The highest BCUT2D eigenvalue weighted by molar-refractivity contribution is 7.88. The summed E-state index contributed by atoms with van der Waals surface area (Å²) in [5.41, 5.74) is -0.0683. The molecule has 7 nitrogen and oxygen atoms in total. The number of aromatic nitrogens is 1. The molecule has 3 aromatic rings. The lowest BCUT2D eigenvalue weighted by molar-refractivity contribution is 0.0926. The maximum atomic E-state index is 14.2. The summed E-state index contributed by atoms with van der Waals surface area (Å²) in [4.78, 5) is 28.6. The van der Waals surface area contributed by atoms with E-state index in [-0.39, 0.29) is 33.9 Å². The molecule has 0 aliphatic heterocycles. The lowest BCUT2D eigenvalue weighted by Gasteiger charge is -2.29. The molecule has 4 rings (SSSR count). The van der Waals surface area contributed by atoms with Gasteiger partial charge in [0.15, 0.2) is 5.43 Å². The minimum Gasteiger partial charge on any atom is -0.354 e. The molecular weight excluding hydrogens is 428 g/mol. The van der Waals surface area contributed by atoms with E-state index in [1.165, 1.54) is 12.1 Å². The number of fused-ring (bicyclic) bond motifs is 2. The van der Waals surface area contributed by atoms with Gasteiger partial charge < -0.3 is 10.3 Å². The van der Waals surface area contributed by atoms with Crippen molar-refractivity contribution in [1.29, 1.82) is 0 Å². The highest BCUT2D eigenvalue weighted by Gasteiger charge is 2.25. The van der Waals surface area contributed by atoms with Crippen molar-refractivity contribution >= 4 is 37.7 Å². The number of hydrogen-bond acceptors (Lipinski definition) is 4. The van der Waals surface area contributed by atoms with E-state index in [0.29, 0.717) is 31.2 Å². The molecule has 1 fully saturated rings. The van der Waals surface area contributed by atoms with Crippen LogP contribution in [0.15, 0.2) is 35.1 Å². The maximum absolute atomic E-state index is 14.2. The molecule has 1 amide bonds. The van der Waals surface area contributed by atoms with Crippen LogP contribution in [0.2, 0.25) is 0 Å². The van der Waals surface area contributed by atoms with Gasteiger partial charge in [0.1, 0.15) is 11.6 Å². The van der Waals surface area contributed by atoms with Crippen molar-refractivity contribution in [1.82, 2.24) is 15.0 Å². The molecular formula is C21H21F2N3O4S. The van der Waals surface area contributed by atoms with Gasteiger partial charge in [0.25, 0.3) is 5.91 Å². The van der Waals surface area contributed by atoms with Gasteiger partial charge in [-0.25, -0.2) is 21.9 Å². The van der Waals surface area contributed by atoms with Crippen LogP contribution in [0.4, 0.5) is 8.78 Å². The summed E-state index contributed by atoms with van der Waals surface area (Å²) in [7, 11) is -3.30. The van der Waals surface area contributed by atoms with E-state index in [1.807, 2.05) is 0 Å². The lowest BCUT2D eigenvalue weighted by Crippen LogP contribution is -2.43. The minimum absolute atomic E-state index is 0.0188. The van der Waals surface area contributed by atoms with Gasteiger partial charge in [0.05, 0.1) is 17.3 Å². The third kappa shape index (κ3) is 4.59. The van der Waals surface area contributed by atoms with Gasteiger partial charge in [-0.15, -0.1) is 0 Å². The van der Waals surface area contributed by atoms with E-state index in [1.54, 1.807) is 0 Å². The zero-order valence-electron chi connectivity index (χ0n) is 16.7. The molecule has 31 heavy (non-hydrogen) atoms. The average Bonchev–Trinajstić information content (AvgIpc) is 2.69. The van der Waals surface area contributed by atoms with Crippen LogP contribution in [0, 0.1) is 11.6 Å². The predicted molar refractivity (Wildman–Crippen MR) is 113 cm³/mol. The predicted octanol–water partition coefficient (Wildman–Crippen LogP) is 2.55. The van der Waals surface area contributed by atoms with Crippen LogP contribution < -0.4 is 15.5 Å². The number of pyridine rings is 1. The number of sulfonamides is 1. The standard InChI is InChI=1S/C21H21F2N3O4S/c1-31(29,30)26-14-5-3-13(4-6-14)24-21(28)17-10-12(23)9-16-19(17)25-18-7-2-11(22)8-15(18)20(16)27/h2,7-10,13-14,26H,3-6H2,1H3,(H,24,28)(H,25,27). The molecule has 1 aromatic heterocycles. The molecule has 1 aliphatic carbocycles. The Balaban J connectivity index is 1.62. The normalized spacial score (nSPS) is 19.6. The van der Waals surface area contributed by atoms with Crippen LogP contribution in [0.3, 0.4) is 0 Å². The molecule has 164 valence electrons. The van der Waals surface area contributed by atoms with Crippen LogP contribution >= 0.6 is 0 Å². The van der Waals surface area contributed by atoms with E-state index in [9.17, 15) is 26.8 Å². The molecule has 0 bridgehead atoms. The van der Waals surface area contributed by atoms with Crippen molar-refractivity contribution < 1.29 is 22.0 Å². The number of aromatic amines is 1. The Morgan fingerprint density at radius 2 is 1.65 bits per heavy atom. The molecule has 0 unspecified atom stereocenters. The monoisotopic (exact) mass is 449 g/mol. The number of nitrogens with one attached hydrogen (secondary N) is 3. The number of H-pyrrole nitrogens is 1. The summed E-state index contributed by atoms with van der Waals surface area (Å²) >= 11 is 0. The second kappa shape index (κ2) is 8.01. The minimum atomic E-state index is -3.30. The molecule has 0 spiro atoms. The molecule has 0 saturated heterocycles. The van der Waals surface area contributed by atoms with Crippen LogP contribution in [0.1, 0.15) is 36.0 Å². The van der Waals surface area contributed by atoms with Gasteiger partial charge in [-0.2, -0.15) is 0 Å². The number of benzene rings is 2. The van der Waals surface area contributed by atoms with E-state index >= 15 is 0 Å². The fourth-order valence-electron chi connectivity index (χ4n) is 4.11. The third-order valence-electron chi connectivity index (χ3n) is 5.52. The number of amides is 1. The Morgan fingerprint density at radius 3 is 2.32 bits per heavy atom. The van der Waals surface area contributed by atoms with Crippen molar-refractivity contribution in [3.8, 4) is 0 Å². The molecule has 1 heterocycles. The number of rotatable bonds is 4. The van der Waals surface area contributed by atoms with Gasteiger partial charge in [-0.3, -0.25) is 9.59 Å². The number of carbonyl (C=O) groups is 1. The molecule has 1 saturated carbocycles. The number of halogens is 2. The summed E-state index contributed by atoms with van der Waals surface area (Å²) in [5.74, 6) is -1.88. The van der Waals surface area contributed by atoms with E-state index in [0.717, 1.165) is 24.5 Å². The van der Waals surface area contributed by atoms with Gasteiger partial charge in [0, 0.05) is 28.4 Å². The van der Waals surface area contributed by atoms with Crippen LogP contribution in [-0.2, 0) is 10.0 Å². The zero-order valence-corrected chi connectivity index (χ0v) is 17.5. The smallest absolute Gasteiger partial charge is 0.253 e. The Kier molecular flexibility index (Phi) is 5.52. The zero-order chi connectivity index (χ0) is 22.3. The van der Waals surface area contributed by atoms with E-state index < -0.39 is 33.0 Å². The summed E-state index contributed by atoms with van der Waals surface area (Å²) in [6, 6.07) is 5.35. The summed E-state index contributed by atoms with van der Waals surface area (Å²) in [6.07, 6.45) is 3.36. The topological polar surface area (TPSA) is 108 Å². The summed E-state index contributed by atoms with van der Waals surface area (Å²) in [6.45, 7) is 0. The Labute approximate surface area is 176 Å². The van der Waals surface area contributed by atoms with Gasteiger partial charge >= 0.3 is 0 Å². The molecule has 0 radical (unpaired) electrons. The number of carbonyl (C=O) groups excluding carboxylic acids is 1. The fraction of sp³-hybridized carbons (Fsp3) is 0.333. The second-order valence-corrected chi connectivity index (χ2v) is 9.71. The van der Waals surface area contributed by atoms with Crippen molar-refractivity contribution in [3.05, 3.63) is 57.8 Å². The molecule has 0 atom stereocenters. The van der Waals surface area contributed by atoms with Crippen molar-refractivity contribution in [3.63, 3.8) is 0 Å². The average molecular weight is 449 g/mol. The SMILES string of the molecule is CS(=O)(=O)NC1CCC(NC(=O)c2cc(F)cc3c(=O)c4cc(F)ccc4[nH]c23)CC1. The molecule has 2 aromatic carbocycles. The second-order valence-electron chi connectivity index (χ2n) is 7.93. The molecule has 3 N–H and O–H groups in total. The van der Waals surface area contributed by atoms with E-state index in [4.69, 9.17) is 0 Å². The highest BCUT2D eigenvalue weighted by Crippen LogP contribution is 2.23. The number of hydrogen-bond donors (Lipinski definition) is 3. The summed E-state index contributed by atoms with van der Waals surface area (Å²) < 4.78 is 53.1. The Bertz CT molecular complexity index is 1350. The summed E-state index contributed by atoms with van der Waals surface area (Å²) in [5, 5.41) is 2.88. The maximum Gasteiger partial charge on any atom is 0.253 e. The first-order valence-electron chi connectivity index (χ1n) is 9.83. The first kappa shape index (κ1) is 21.4. The largest absolute Gasteiger partial charge is 0.354 e. The lowest BCUT2D eigenvalue weighted by atomic mass is 9.91.